The molecule has 16 heavy (non-hydrogen) atoms. The third kappa shape index (κ3) is 2.73. The Hall–Kier alpha value is -2.04. The zero-order valence-electron chi connectivity index (χ0n) is 9.02. The van der Waals surface area contributed by atoms with Gasteiger partial charge < -0.3 is 15.5 Å². The van der Waals surface area contributed by atoms with E-state index in [2.05, 4.69) is 5.32 Å². The summed E-state index contributed by atoms with van der Waals surface area (Å²) in [5, 5.41) is 21.0. The van der Waals surface area contributed by atoms with Crippen molar-refractivity contribution in [3.63, 3.8) is 0 Å². The van der Waals surface area contributed by atoms with Crippen molar-refractivity contribution in [3.8, 4) is 11.5 Å². The van der Waals surface area contributed by atoms with Gasteiger partial charge in [-0.15, -0.1) is 0 Å². The first-order chi connectivity index (χ1) is 7.41. The molecule has 0 radical (unpaired) electrons. The molecule has 1 aromatic rings. The van der Waals surface area contributed by atoms with E-state index in [1.807, 2.05) is 0 Å². The highest BCUT2D eigenvalue weighted by molar-refractivity contribution is 5.99. The number of hydrogen-bond donors (Lipinski definition) is 3. The average molecular weight is 223 g/mol. The van der Waals surface area contributed by atoms with E-state index >= 15 is 0 Å². The SMILES string of the molecule is CC(=O)C(C)NC(=O)c1cc(O)ccc1O. The van der Waals surface area contributed by atoms with Gasteiger partial charge in [0, 0.05) is 0 Å². The smallest absolute Gasteiger partial charge is 0.255 e. The summed E-state index contributed by atoms with van der Waals surface area (Å²) in [5.74, 6) is -1.16. The van der Waals surface area contributed by atoms with Crippen LogP contribution in [0.4, 0.5) is 0 Å². The van der Waals surface area contributed by atoms with Gasteiger partial charge in [-0.1, -0.05) is 0 Å². The summed E-state index contributed by atoms with van der Waals surface area (Å²) in [6.07, 6.45) is 0. The van der Waals surface area contributed by atoms with Crippen LogP contribution in [0.5, 0.6) is 11.5 Å². The van der Waals surface area contributed by atoms with Gasteiger partial charge in [-0.05, 0) is 32.0 Å². The van der Waals surface area contributed by atoms with E-state index in [-0.39, 0.29) is 22.8 Å². The minimum atomic E-state index is -0.630. The second kappa shape index (κ2) is 4.65. The molecule has 0 saturated heterocycles. The Balaban J connectivity index is 2.88. The number of nitrogens with one attached hydrogen (secondary N) is 1. The Bertz CT molecular complexity index is 428. The van der Waals surface area contributed by atoms with Crippen molar-refractivity contribution in [1.82, 2.24) is 5.32 Å². The van der Waals surface area contributed by atoms with Crippen LogP contribution in [-0.4, -0.2) is 27.9 Å². The molecule has 0 spiro atoms. The molecular formula is C11H13NO4. The molecule has 1 rings (SSSR count). The molecule has 0 saturated carbocycles. The van der Waals surface area contributed by atoms with E-state index in [0.717, 1.165) is 6.07 Å². The van der Waals surface area contributed by atoms with E-state index in [1.54, 1.807) is 6.92 Å². The Morgan fingerprint density at radius 3 is 2.50 bits per heavy atom. The normalized spacial score (nSPS) is 11.9. The number of hydrogen-bond acceptors (Lipinski definition) is 4. The van der Waals surface area contributed by atoms with Crippen LogP contribution in [0.1, 0.15) is 24.2 Å². The lowest BCUT2D eigenvalue weighted by Crippen LogP contribution is -2.37. The summed E-state index contributed by atoms with van der Waals surface area (Å²) in [7, 11) is 0. The van der Waals surface area contributed by atoms with Crippen molar-refractivity contribution in [2.24, 2.45) is 0 Å². The van der Waals surface area contributed by atoms with Crippen LogP contribution in [0, 0.1) is 0 Å². The number of carbonyl (C=O) groups is 2. The largest absolute Gasteiger partial charge is 0.508 e. The molecule has 1 aromatic carbocycles. The highest BCUT2D eigenvalue weighted by Crippen LogP contribution is 2.21. The zero-order chi connectivity index (χ0) is 12.3. The van der Waals surface area contributed by atoms with Crippen LogP contribution >= 0.6 is 0 Å². The van der Waals surface area contributed by atoms with E-state index in [1.165, 1.54) is 19.1 Å². The van der Waals surface area contributed by atoms with Crippen LogP contribution in [0.3, 0.4) is 0 Å². The van der Waals surface area contributed by atoms with Crippen LogP contribution in [-0.2, 0) is 4.79 Å². The first-order valence-corrected chi connectivity index (χ1v) is 4.75. The number of carbonyl (C=O) groups excluding carboxylic acids is 2. The molecule has 1 unspecified atom stereocenters. The maximum Gasteiger partial charge on any atom is 0.255 e. The summed E-state index contributed by atoms with van der Waals surface area (Å²) in [6, 6.07) is 2.98. The highest BCUT2D eigenvalue weighted by Gasteiger charge is 2.16. The van der Waals surface area contributed by atoms with Crippen molar-refractivity contribution in [1.29, 1.82) is 0 Å². The van der Waals surface area contributed by atoms with Crippen molar-refractivity contribution >= 4 is 11.7 Å². The fourth-order valence-corrected chi connectivity index (χ4v) is 1.08. The second-order valence-electron chi connectivity index (χ2n) is 3.51. The Morgan fingerprint density at radius 1 is 1.31 bits per heavy atom. The number of phenolic OH excluding ortho intramolecular Hbond substituents is 2. The lowest BCUT2D eigenvalue weighted by molar-refractivity contribution is -0.118. The number of benzene rings is 1. The van der Waals surface area contributed by atoms with E-state index in [4.69, 9.17) is 0 Å². The van der Waals surface area contributed by atoms with Crippen LogP contribution < -0.4 is 5.32 Å². The van der Waals surface area contributed by atoms with Gasteiger partial charge in [0.25, 0.3) is 5.91 Å². The number of phenols is 2. The molecule has 5 nitrogen and oxygen atoms in total. The molecule has 0 aliphatic rings. The zero-order valence-corrected chi connectivity index (χ0v) is 9.02. The van der Waals surface area contributed by atoms with Gasteiger partial charge in [0.1, 0.15) is 11.5 Å². The average Bonchev–Trinajstić information content (AvgIpc) is 2.21. The van der Waals surface area contributed by atoms with Gasteiger partial charge in [0.15, 0.2) is 5.78 Å². The fraction of sp³-hybridized carbons (Fsp3) is 0.273. The summed E-state index contributed by atoms with van der Waals surface area (Å²) in [6.45, 7) is 2.90. The third-order valence-electron chi connectivity index (χ3n) is 2.18. The molecule has 86 valence electrons. The number of Topliss-reactive ketones (excluding diaryl/α,β-unsaturated/α-hetero) is 1. The highest BCUT2D eigenvalue weighted by atomic mass is 16.3. The second-order valence-corrected chi connectivity index (χ2v) is 3.51. The standard InChI is InChI=1S/C11H13NO4/c1-6(7(2)13)12-11(16)9-5-8(14)3-4-10(9)15/h3-6,14-15H,1-2H3,(H,12,16). The molecule has 0 aliphatic heterocycles. The molecule has 0 fully saturated rings. The van der Waals surface area contributed by atoms with Gasteiger partial charge in [0.05, 0.1) is 11.6 Å². The predicted molar refractivity (Wildman–Crippen MR) is 57.4 cm³/mol. The van der Waals surface area contributed by atoms with Gasteiger partial charge in [-0.3, -0.25) is 9.59 Å². The Morgan fingerprint density at radius 2 is 1.94 bits per heavy atom. The van der Waals surface area contributed by atoms with Crippen molar-refractivity contribution < 1.29 is 19.8 Å². The first-order valence-electron chi connectivity index (χ1n) is 4.75. The Kier molecular flexibility index (Phi) is 3.50. The quantitative estimate of drug-likeness (QED) is 0.662. The van der Waals surface area contributed by atoms with Crippen molar-refractivity contribution in [2.75, 3.05) is 0 Å². The molecule has 1 atom stereocenters. The predicted octanol–water partition coefficient (Wildman–Crippen LogP) is 0.805. The number of aromatic hydroxyl groups is 2. The van der Waals surface area contributed by atoms with Gasteiger partial charge in [-0.25, -0.2) is 0 Å². The monoisotopic (exact) mass is 223 g/mol. The molecule has 1 amide bonds. The molecular weight excluding hydrogens is 210 g/mol. The van der Waals surface area contributed by atoms with E-state index in [9.17, 15) is 19.8 Å². The van der Waals surface area contributed by atoms with E-state index in [0.29, 0.717) is 0 Å². The Labute approximate surface area is 92.7 Å². The molecule has 5 heteroatoms. The number of amides is 1. The molecule has 3 N–H and O–H groups in total. The maximum atomic E-state index is 11.6. The topological polar surface area (TPSA) is 86.6 Å². The minimum absolute atomic E-state index is 0.0619. The molecule has 0 heterocycles. The lowest BCUT2D eigenvalue weighted by atomic mass is 10.1. The third-order valence-corrected chi connectivity index (χ3v) is 2.18. The van der Waals surface area contributed by atoms with Crippen LogP contribution in [0.2, 0.25) is 0 Å². The number of rotatable bonds is 3. The van der Waals surface area contributed by atoms with E-state index < -0.39 is 11.9 Å². The minimum Gasteiger partial charge on any atom is -0.508 e. The van der Waals surface area contributed by atoms with Crippen LogP contribution in [0.15, 0.2) is 18.2 Å². The van der Waals surface area contributed by atoms with Gasteiger partial charge in [-0.2, -0.15) is 0 Å². The van der Waals surface area contributed by atoms with Crippen molar-refractivity contribution in [3.05, 3.63) is 23.8 Å². The van der Waals surface area contributed by atoms with Crippen LogP contribution in [0.25, 0.3) is 0 Å². The summed E-state index contributed by atoms with van der Waals surface area (Å²) in [4.78, 5) is 22.5. The number of ketones is 1. The summed E-state index contributed by atoms with van der Waals surface area (Å²) < 4.78 is 0. The molecule has 0 bridgehead atoms. The summed E-state index contributed by atoms with van der Waals surface area (Å²) in [5.41, 5.74) is -0.0619. The molecule has 0 aliphatic carbocycles. The molecule has 0 aromatic heterocycles. The summed E-state index contributed by atoms with van der Waals surface area (Å²) >= 11 is 0. The first kappa shape index (κ1) is 12.0. The van der Waals surface area contributed by atoms with Gasteiger partial charge in [0.2, 0.25) is 0 Å². The fourth-order valence-electron chi connectivity index (χ4n) is 1.08. The lowest BCUT2D eigenvalue weighted by Gasteiger charge is -2.11. The van der Waals surface area contributed by atoms with Crippen molar-refractivity contribution in [2.45, 2.75) is 19.9 Å². The van der Waals surface area contributed by atoms with Gasteiger partial charge >= 0.3 is 0 Å². The maximum absolute atomic E-state index is 11.6.